The van der Waals surface area contributed by atoms with Gasteiger partial charge in [-0.2, -0.15) is 0 Å². The second-order valence-corrected chi connectivity index (χ2v) is 4.56. The molecule has 2 fully saturated rings. The average molecular weight is 198 g/mol. The van der Waals surface area contributed by atoms with E-state index >= 15 is 0 Å². The van der Waals surface area contributed by atoms with Crippen LogP contribution in [0.1, 0.15) is 25.7 Å². The summed E-state index contributed by atoms with van der Waals surface area (Å²) in [4.78, 5) is 2.60. The molecule has 3 nitrogen and oxygen atoms in total. The normalized spacial score (nSPS) is 34.9. The first-order chi connectivity index (χ1) is 6.88. The van der Waals surface area contributed by atoms with Gasteiger partial charge in [0.1, 0.15) is 0 Å². The highest BCUT2D eigenvalue weighted by atomic mass is 16.5. The fraction of sp³-hybridized carbons (Fsp3) is 1.00. The second kappa shape index (κ2) is 5.10. The topological polar surface area (TPSA) is 24.5 Å². The number of nitrogens with one attached hydrogen (secondary N) is 1. The van der Waals surface area contributed by atoms with E-state index in [1.807, 2.05) is 7.11 Å². The third kappa shape index (κ3) is 2.69. The van der Waals surface area contributed by atoms with Gasteiger partial charge in [0.05, 0.1) is 6.10 Å². The Morgan fingerprint density at radius 3 is 2.71 bits per heavy atom. The lowest BCUT2D eigenvalue weighted by Crippen LogP contribution is -2.40. The third-order valence-electron chi connectivity index (χ3n) is 3.44. The monoisotopic (exact) mass is 198 g/mol. The Labute approximate surface area is 86.8 Å². The van der Waals surface area contributed by atoms with Crippen LogP contribution in [0.2, 0.25) is 0 Å². The van der Waals surface area contributed by atoms with E-state index in [0.29, 0.717) is 12.1 Å². The SMILES string of the molecule is COC1CNC(CN2CCCCC2)C1. The summed E-state index contributed by atoms with van der Waals surface area (Å²) in [5, 5.41) is 3.54. The van der Waals surface area contributed by atoms with Crippen LogP contribution in [0, 0.1) is 0 Å². The molecular formula is C11H22N2O. The van der Waals surface area contributed by atoms with Crippen LogP contribution in [-0.2, 0) is 4.74 Å². The van der Waals surface area contributed by atoms with E-state index in [1.54, 1.807) is 0 Å². The lowest BCUT2D eigenvalue weighted by molar-refractivity contribution is 0.115. The number of methoxy groups -OCH3 is 1. The molecule has 0 aliphatic carbocycles. The maximum atomic E-state index is 5.35. The Kier molecular flexibility index (Phi) is 3.79. The number of likely N-dealkylation sites (tertiary alicyclic amines) is 1. The van der Waals surface area contributed by atoms with E-state index in [4.69, 9.17) is 4.74 Å². The van der Waals surface area contributed by atoms with Crippen LogP contribution < -0.4 is 5.32 Å². The molecule has 2 saturated heterocycles. The van der Waals surface area contributed by atoms with Gasteiger partial charge in [-0.25, -0.2) is 0 Å². The smallest absolute Gasteiger partial charge is 0.0711 e. The van der Waals surface area contributed by atoms with Gasteiger partial charge in [-0.1, -0.05) is 6.42 Å². The Morgan fingerprint density at radius 2 is 2.07 bits per heavy atom. The van der Waals surface area contributed by atoms with Gasteiger partial charge in [-0.05, 0) is 32.4 Å². The van der Waals surface area contributed by atoms with Gasteiger partial charge in [0.25, 0.3) is 0 Å². The molecule has 82 valence electrons. The Balaban J connectivity index is 1.69. The van der Waals surface area contributed by atoms with Crippen LogP contribution in [0.3, 0.4) is 0 Å². The Morgan fingerprint density at radius 1 is 1.29 bits per heavy atom. The van der Waals surface area contributed by atoms with Gasteiger partial charge in [0.15, 0.2) is 0 Å². The van der Waals surface area contributed by atoms with Gasteiger partial charge in [-0.3, -0.25) is 0 Å². The van der Waals surface area contributed by atoms with Gasteiger partial charge >= 0.3 is 0 Å². The highest BCUT2D eigenvalue weighted by Crippen LogP contribution is 2.14. The van der Waals surface area contributed by atoms with Crippen molar-refractivity contribution in [3.63, 3.8) is 0 Å². The molecule has 0 bridgehead atoms. The number of ether oxygens (including phenoxy) is 1. The molecule has 0 saturated carbocycles. The summed E-state index contributed by atoms with van der Waals surface area (Å²) in [6, 6.07) is 0.665. The molecule has 2 aliphatic rings. The summed E-state index contributed by atoms with van der Waals surface area (Å²) in [6.45, 7) is 4.86. The van der Waals surface area contributed by atoms with Crippen molar-refractivity contribution < 1.29 is 4.74 Å². The van der Waals surface area contributed by atoms with Gasteiger partial charge < -0.3 is 15.0 Å². The Bertz CT molecular complexity index is 169. The van der Waals surface area contributed by atoms with Crippen molar-refractivity contribution in [3.8, 4) is 0 Å². The summed E-state index contributed by atoms with van der Waals surface area (Å²) in [6.07, 6.45) is 5.84. The van der Waals surface area contributed by atoms with Crippen molar-refractivity contribution >= 4 is 0 Å². The molecule has 0 aromatic rings. The van der Waals surface area contributed by atoms with E-state index in [-0.39, 0.29) is 0 Å². The van der Waals surface area contributed by atoms with Crippen LogP contribution in [0.5, 0.6) is 0 Å². The van der Waals surface area contributed by atoms with Crippen molar-refractivity contribution in [2.75, 3.05) is 33.3 Å². The molecule has 2 atom stereocenters. The van der Waals surface area contributed by atoms with Crippen molar-refractivity contribution in [2.45, 2.75) is 37.8 Å². The molecule has 2 heterocycles. The predicted octanol–water partition coefficient (Wildman–Crippen LogP) is 0.849. The van der Waals surface area contributed by atoms with Crippen LogP contribution in [-0.4, -0.2) is 50.3 Å². The summed E-state index contributed by atoms with van der Waals surface area (Å²) in [5.41, 5.74) is 0. The molecule has 2 aliphatic heterocycles. The van der Waals surface area contributed by atoms with E-state index < -0.39 is 0 Å². The predicted molar refractivity (Wildman–Crippen MR) is 57.5 cm³/mol. The second-order valence-electron chi connectivity index (χ2n) is 4.56. The van der Waals surface area contributed by atoms with Crippen LogP contribution in [0.4, 0.5) is 0 Å². The molecule has 3 heteroatoms. The molecule has 14 heavy (non-hydrogen) atoms. The molecular weight excluding hydrogens is 176 g/mol. The average Bonchev–Trinajstić information content (AvgIpc) is 2.67. The summed E-state index contributed by atoms with van der Waals surface area (Å²) >= 11 is 0. The van der Waals surface area contributed by atoms with Crippen LogP contribution >= 0.6 is 0 Å². The maximum absolute atomic E-state index is 5.35. The minimum absolute atomic E-state index is 0.449. The first-order valence-corrected chi connectivity index (χ1v) is 5.87. The Hall–Kier alpha value is -0.120. The minimum Gasteiger partial charge on any atom is -0.380 e. The highest BCUT2D eigenvalue weighted by Gasteiger charge is 2.25. The fourth-order valence-corrected chi connectivity index (χ4v) is 2.55. The van der Waals surface area contributed by atoms with Crippen LogP contribution in [0.25, 0.3) is 0 Å². The number of piperidine rings is 1. The zero-order chi connectivity index (χ0) is 9.80. The van der Waals surface area contributed by atoms with Gasteiger partial charge in [0, 0.05) is 26.2 Å². The molecule has 0 radical (unpaired) electrons. The quantitative estimate of drug-likeness (QED) is 0.727. The standard InChI is InChI=1S/C11H22N2O/c1-14-11-7-10(12-8-11)9-13-5-3-2-4-6-13/h10-12H,2-9H2,1H3. The molecule has 0 amide bonds. The van der Waals surface area contributed by atoms with E-state index in [2.05, 4.69) is 10.2 Å². The maximum Gasteiger partial charge on any atom is 0.0711 e. The first-order valence-electron chi connectivity index (χ1n) is 5.87. The largest absolute Gasteiger partial charge is 0.380 e. The first kappa shape index (κ1) is 10.4. The van der Waals surface area contributed by atoms with Crippen molar-refractivity contribution in [1.29, 1.82) is 0 Å². The zero-order valence-corrected chi connectivity index (χ0v) is 9.17. The van der Waals surface area contributed by atoms with Crippen molar-refractivity contribution in [1.82, 2.24) is 10.2 Å². The van der Waals surface area contributed by atoms with Crippen molar-refractivity contribution in [3.05, 3.63) is 0 Å². The fourth-order valence-electron chi connectivity index (χ4n) is 2.55. The van der Waals surface area contributed by atoms with E-state index in [9.17, 15) is 0 Å². The highest BCUT2D eigenvalue weighted by molar-refractivity contribution is 4.85. The molecule has 1 N–H and O–H groups in total. The van der Waals surface area contributed by atoms with Gasteiger partial charge in [-0.15, -0.1) is 0 Å². The third-order valence-corrected chi connectivity index (χ3v) is 3.44. The molecule has 2 unspecified atom stereocenters. The molecule has 2 rings (SSSR count). The van der Waals surface area contributed by atoms with Crippen LogP contribution in [0.15, 0.2) is 0 Å². The lowest BCUT2D eigenvalue weighted by atomic mass is 10.1. The number of rotatable bonds is 3. The van der Waals surface area contributed by atoms with Crippen molar-refractivity contribution in [2.24, 2.45) is 0 Å². The summed E-state index contributed by atoms with van der Waals surface area (Å²) in [5.74, 6) is 0. The molecule has 0 aromatic heterocycles. The molecule has 0 spiro atoms. The number of nitrogens with zero attached hydrogens (tertiary/aromatic N) is 1. The summed E-state index contributed by atoms with van der Waals surface area (Å²) in [7, 11) is 1.82. The lowest BCUT2D eigenvalue weighted by Gasteiger charge is -2.28. The van der Waals surface area contributed by atoms with E-state index in [1.165, 1.54) is 45.3 Å². The van der Waals surface area contributed by atoms with Gasteiger partial charge in [0.2, 0.25) is 0 Å². The minimum atomic E-state index is 0.449. The number of hydrogen-bond donors (Lipinski definition) is 1. The van der Waals surface area contributed by atoms with E-state index in [0.717, 1.165) is 6.54 Å². The number of hydrogen-bond acceptors (Lipinski definition) is 3. The summed E-state index contributed by atoms with van der Waals surface area (Å²) < 4.78 is 5.35. The zero-order valence-electron chi connectivity index (χ0n) is 9.17. The molecule has 0 aromatic carbocycles.